The second kappa shape index (κ2) is 5.82. The third-order valence-electron chi connectivity index (χ3n) is 2.51. The van der Waals surface area contributed by atoms with Gasteiger partial charge in [-0.1, -0.05) is 0 Å². The molecule has 0 atom stereocenters. The third-order valence-corrected chi connectivity index (χ3v) is 2.51. The Bertz CT molecular complexity index is 379. The Hall–Kier alpha value is -1.36. The Labute approximate surface area is 103 Å². The van der Waals surface area contributed by atoms with Gasteiger partial charge in [0.1, 0.15) is 17.5 Å². The summed E-state index contributed by atoms with van der Waals surface area (Å²) in [5, 5.41) is 0. The van der Waals surface area contributed by atoms with E-state index in [0.717, 1.165) is 17.9 Å². The lowest BCUT2D eigenvalue weighted by Crippen LogP contribution is -2.26. The molecule has 1 aromatic heterocycles. The van der Waals surface area contributed by atoms with Crippen LogP contribution in [0.15, 0.2) is 0 Å². The number of ether oxygens (including phenoxy) is 1. The summed E-state index contributed by atoms with van der Waals surface area (Å²) in [6.07, 6.45) is 0.252. The van der Waals surface area contributed by atoms with Crippen molar-refractivity contribution in [2.45, 2.75) is 33.8 Å². The van der Waals surface area contributed by atoms with Crippen LogP contribution in [-0.4, -0.2) is 36.3 Å². The number of aromatic nitrogens is 2. The highest BCUT2D eigenvalue weighted by atomic mass is 16.5. The van der Waals surface area contributed by atoms with Crippen molar-refractivity contribution < 1.29 is 4.74 Å². The van der Waals surface area contributed by atoms with Crippen LogP contribution in [0.3, 0.4) is 0 Å². The lowest BCUT2D eigenvalue weighted by atomic mass is 10.3. The van der Waals surface area contributed by atoms with Gasteiger partial charge in [0.2, 0.25) is 0 Å². The van der Waals surface area contributed by atoms with Crippen molar-refractivity contribution in [1.82, 2.24) is 9.97 Å². The van der Waals surface area contributed by atoms with E-state index in [0.29, 0.717) is 18.2 Å². The van der Waals surface area contributed by atoms with Gasteiger partial charge in [0.15, 0.2) is 0 Å². The molecule has 0 saturated heterocycles. The average Bonchev–Trinajstić information content (AvgIpc) is 2.22. The van der Waals surface area contributed by atoms with Crippen LogP contribution in [0.4, 0.5) is 11.6 Å². The van der Waals surface area contributed by atoms with E-state index < -0.39 is 0 Å². The molecular formula is C12H22N4O. The Morgan fingerprint density at radius 1 is 1.29 bits per heavy atom. The first-order valence-corrected chi connectivity index (χ1v) is 5.85. The highest BCUT2D eigenvalue weighted by Gasteiger charge is 2.10. The Balaban J connectivity index is 2.71. The molecule has 0 unspecified atom stereocenters. The zero-order chi connectivity index (χ0) is 13.0. The highest BCUT2D eigenvalue weighted by molar-refractivity contribution is 5.55. The molecule has 0 aliphatic heterocycles. The fourth-order valence-electron chi connectivity index (χ4n) is 1.54. The summed E-state index contributed by atoms with van der Waals surface area (Å²) in [6.45, 7) is 9.29. The van der Waals surface area contributed by atoms with Gasteiger partial charge in [-0.05, 0) is 27.7 Å². The van der Waals surface area contributed by atoms with Crippen molar-refractivity contribution in [2.75, 3.05) is 30.8 Å². The van der Waals surface area contributed by atoms with Gasteiger partial charge in [-0.15, -0.1) is 0 Å². The van der Waals surface area contributed by atoms with Crippen molar-refractivity contribution in [1.29, 1.82) is 0 Å². The summed E-state index contributed by atoms with van der Waals surface area (Å²) in [5.41, 5.74) is 6.75. The molecule has 1 rings (SSSR count). The molecule has 0 aromatic carbocycles. The molecule has 96 valence electrons. The summed E-state index contributed by atoms with van der Waals surface area (Å²) in [7, 11) is 1.98. The number of anilines is 2. The summed E-state index contributed by atoms with van der Waals surface area (Å²) in [6, 6.07) is 0. The molecular weight excluding hydrogens is 216 g/mol. The molecule has 17 heavy (non-hydrogen) atoms. The monoisotopic (exact) mass is 238 g/mol. The van der Waals surface area contributed by atoms with E-state index in [9.17, 15) is 0 Å². The summed E-state index contributed by atoms with van der Waals surface area (Å²) in [5.74, 6) is 2.12. The van der Waals surface area contributed by atoms with E-state index in [1.165, 1.54) is 0 Å². The fourth-order valence-corrected chi connectivity index (χ4v) is 1.54. The molecule has 2 N–H and O–H groups in total. The van der Waals surface area contributed by atoms with Crippen molar-refractivity contribution in [3.63, 3.8) is 0 Å². The van der Waals surface area contributed by atoms with Crippen LogP contribution in [0.1, 0.15) is 25.2 Å². The lowest BCUT2D eigenvalue weighted by molar-refractivity contribution is 0.0845. The maximum absolute atomic E-state index is 5.83. The third kappa shape index (κ3) is 3.85. The summed E-state index contributed by atoms with van der Waals surface area (Å²) < 4.78 is 5.52. The van der Waals surface area contributed by atoms with Crippen LogP contribution >= 0.6 is 0 Å². The molecule has 0 aliphatic carbocycles. The van der Waals surface area contributed by atoms with Crippen LogP contribution in [0, 0.1) is 13.8 Å². The summed E-state index contributed by atoms with van der Waals surface area (Å²) >= 11 is 0. The van der Waals surface area contributed by atoms with E-state index in [4.69, 9.17) is 10.5 Å². The van der Waals surface area contributed by atoms with Gasteiger partial charge in [0, 0.05) is 19.2 Å². The fraction of sp³-hybridized carbons (Fsp3) is 0.667. The minimum atomic E-state index is 0.252. The normalized spacial score (nSPS) is 10.9. The summed E-state index contributed by atoms with van der Waals surface area (Å²) in [4.78, 5) is 10.6. The zero-order valence-corrected chi connectivity index (χ0v) is 11.3. The molecule has 0 amide bonds. The Morgan fingerprint density at radius 3 is 2.53 bits per heavy atom. The molecule has 0 aliphatic rings. The molecule has 0 bridgehead atoms. The number of nitrogens with two attached hydrogens (primary N) is 1. The van der Waals surface area contributed by atoms with Crippen LogP contribution in [0.5, 0.6) is 0 Å². The SMILES string of the molecule is Cc1nc(N)c(C)c(N(C)CCOC(C)C)n1. The van der Waals surface area contributed by atoms with Crippen molar-refractivity contribution >= 4 is 11.6 Å². The van der Waals surface area contributed by atoms with Gasteiger partial charge in [0.05, 0.1) is 12.7 Å². The standard InChI is InChI=1S/C12H22N4O/c1-8(2)17-7-6-16(5)12-9(3)11(13)14-10(4)15-12/h8H,6-7H2,1-5H3,(H2,13,14,15). The van der Waals surface area contributed by atoms with Gasteiger partial charge in [-0.3, -0.25) is 0 Å². The van der Waals surface area contributed by atoms with Crippen LogP contribution < -0.4 is 10.6 Å². The largest absolute Gasteiger partial charge is 0.383 e. The molecule has 1 aromatic rings. The van der Waals surface area contributed by atoms with Gasteiger partial charge >= 0.3 is 0 Å². The molecule has 0 fully saturated rings. The van der Waals surface area contributed by atoms with Crippen molar-refractivity contribution in [3.05, 3.63) is 11.4 Å². The number of hydrogen-bond donors (Lipinski definition) is 1. The topological polar surface area (TPSA) is 64.3 Å². The second-order valence-electron chi connectivity index (χ2n) is 4.45. The Kier molecular flexibility index (Phi) is 4.69. The number of rotatable bonds is 5. The highest BCUT2D eigenvalue weighted by Crippen LogP contribution is 2.19. The second-order valence-corrected chi connectivity index (χ2v) is 4.45. The van der Waals surface area contributed by atoms with Gasteiger partial charge in [0.25, 0.3) is 0 Å². The average molecular weight is 238 g/mol. The number of nitrogen functional groups attached to an aromatic ring is 1. The quantitative estimate of drug-likeness (QED) is 0.843. The molecule has 0 saturated carbocycles. The van der Waals surface area contributed by atoms with Crippen LogP contribution in [-0.2, 0) is 4.74 Å². The number of likely N-dealkylation sites (N-methyl/N-ethyl adjacent to an activating group) is 1. The minimum Gasteiger partial charge on any atom is -0.383 e. The smallest absolute Gasteiger partial charge is 0.137 e. The first kappa shape index (κ1) is 13.7. The van der Waals surface area contributed by atoms with Crippen molar-refractivity contribution in [2.24, 2.45) is 0 Å². The van der Waals surface area contributed by atoms with Gasteiger partial charge in [-0.2, -0.15) is 0 Å². The Morgan fingerprint density at radius 2 is 1.94 bits per heavy atom. The van der Waals surface area contributed by atoms with Crippen LogP contribution in [0.25, 0.3) is 0 Å². The van der Waals surface area contributed by atoms with E-state index in [1.54, 1.807) is 0 Å². The molecule has 5 nitrogen and oxygen atoms in total. The maximum Gasteiger partial charge on any atom is 0.137 e. The van der Waals surface area contributed by atoms with E-state index in [1.807, 2.05) is 39.6 Å². The number of aryl methyl sites for hydroxylation is 1. The van der Waals surface area contributed by atoms with Gasteiger partial charge in [-0.25, -0.2) is 9.97 Å². The predicted molar refractivity (Wildman–Crippen MR) is 70.3 cm³/mol. The minimum absolute atomic E-state index is 0.252. The first-order valence-electron chi connectivity index (χ1n) is 5.85. The van der Waals surface area contributed by atoms with E-state index >= 15 is 0 Å². The molecule has 0 spiro atoms. The van der Waals surface area contributed by atoms with Gasteiger partial charge < -0.3 is 15.4 Å². The first-order chi connectivity index (χ1) is 7.91. The van der Waals surface area contributed by atoms with E-state index in [-0.39, 0.29) is 6.10 Å². The maximum atomic E-state index is 5.83. The predicted octanol–water partition coefficient (Wildman–Crippen LogP) is 1.54. The van der Waals surface area contributed by atoms with Crippen molar-refractivity contribution in [3.8, 4) is 0 Å². The number of hydrogen-bond acceptors (Lipinski definition) is 5. The lowest BCUT2D eigenvalue weighted by Gasteiger charge is -2.21. The van der Waals surface area contributed by atoms with E-state index in [2.05, 4.69) is 9.97 Å². The number of nitrogens with zero attached hydrogens (tertiary/aromatic N) is 3. The molecule has 0 radical (unpaired) electrons. The molecule has 5 heteroatoms. The van der Waals surface area contributed by atoms with Crippen LogP contribution in [0.2, 0.25) is 0 Å². The molecule has 1 heterocycles. The zero-order valence-electron chi connectivity index (χ0n) is 11.3.